The van der Waals surface area contributed by atoms with Gasteiger partial charge < -0.3 is 0 Å². The number of aryl methyl sites for hydroxylation is 4. The zero-order chi connectivity index (χ0) is 32.5. The van der Waals surface area contributed by atoms with Gasteiger partial charge in [0.05, 0.1) is 0 Å². The predicted octanol–water partition coefficient (Wildman–Crippen LogP) is 8.41. The van der Waals surface area contributed by atoms with E-state index in [1.807, 2.05) is 76.2 Å². The van der Waals surface area contributed by atoms with Gasteiger partial charge in [-0.25, -0.2) is 0 Å². The molecule has 4 aromatic carbocycles. The Morgan fingerprint density at radius 2 is 0.800 bits per heavy atom. The standard InChI is InChI=1S/C33H34N2O6S4/c1-24-8-16-28(17-9-24)42-32(34-40-44(36,37)30-20-12-26(3)13-21-30)6-5-7-33(43-29-18-10-25(2)11-19-29)35-41-45(38,39)31-22-14-27(4)15-23-31/h8-23H,5-7H2,1-4H3/b34-32-,35-33+. The van der Waals surface area contributed by atoms with Crippen molar-refractivity contribution >= 4 is 53.8 Å². The van der Waals surface area contributed by atoms with Gasteiger partial charge in [0.15, 0.2) is 0 Å². The molecule has 0 heterocycles. The van der Waals surface area contributed by atoms with Gasteiger partial charge in [-0.2, -0.15) is 16.8 Å². The molecule has 8 nitrogen and oxygen atoms in total. The molecule has 45 heavy (non-hydrogen) atoms. The summed E-state index contributed by atoms with van der Waals surface area (Å²) in [5.74, 6) is 0. The SMILES string of the molecule is Cc1ccc(S/C(CCC/C(=N\OS(=O)(=O)c2ccc(C)cc2)Sc2ccc(C)cc2)=N\OS(=O)(=O)c2ccc(C)cc2)cc1. The molecule has 12 heteroatoms. The van der Waals surface area contributed by atoms with Gasteiger partial charge in [-0.15, -0.1) is 0 Å². The highest BCUT2D eigenvalue weighted by atomic mass is 32.2. The second-order valence-corrected chi connectivity index (χ2v) is 15.7. The maximum Gasteiger partial charge on any atom is 0.358 e. The first kappa shape index (κ1) is 34.3. The monoisotopic (exact) mass is 682 g/mol. The van der Waals surface area contributed by atoms with Crippen LogP contribution in [0.1, 0.15) is 41.5 Å². The first-order valence-corrected chi connectivity index (χ1v) is 18.5. The summed E-state index contributed by atoms with van der Waals surface area (Å²) in [5, 5.41) is 8.97. The van der Waals surface area contributed by atoms with E-state index in [2.05, 4.69) is 10.3 Å². The fourth-order valence-corrected chi connectivity index (χ4v) is 7.10. The van der Waals surface area contributed by atoms with Gasteiger partial charge in [0.1, 0.15) is 19.9 Å². The zero-order valence-electron chi connectivity index (χ0n) is 25.3. The van der Waals surface area contributed by atoms with Crippen LogP contribution in [-0.4, -0.2) is 26.9 Å². The van der Waals surface area contributed by atoms with Crippen molar-refractivity contribution in [2.45, 2.75) is 66.5 Å². The number of benzene rings is 4. The molecule has 0 fully saturated rings. The van der Waals surface area contributed by atoms with Crippen molar-refractivity contribution in [3.8, 4) is 0 Å². The van der Waals surface area contributed by atoms with Crippen LogP contribution < -0.4 is 0 Å². The van der Waals surface area contributed by atoms with Crippen LogP contribution in [0, 0.1) is 27.7 Å². The summed E-state index contributed by atoms with van der Waals surface area (Å²) in [5.41, 5.74) is 4.02. The predicted molar refractivity (Wildman–Crippen MR) is 182 cm³/mol. The van der Waals surface area contributed by atoms with E-state index >= 15 is 0 Å². The molecule has 4 aromatic rings. The molecule has 0 saturated heterocycles. The van der Waals surface area contributed by atoms with Crippen molar-refractivity contribution < 1.29 is 25.4 Å². The van der Waals surface area contributed by atoms with Crippen LogP contribution in [0.5, 0.6) is 0 Å². The number of nitrogens with zero attached hydrogens (tertiary/aromatic N) is 2. The fraction of sp³-hybridized carbons (Fsp3) is 0.212. The molecule has 0 aromatic heterocycles. The molecule has 0 saturated carbocycles. The Labute approximate surface area is 274 Å². The largest absolute Gasteiger partial charge is 0.358 e. The molecule has 0 aliphatic rings. The molecule has 236 valence electrons. The Bertz CT molecular complexity index is 1710. The topological polar surface area (TPSA) is 111 Å². The molecule has 0 radical (unpaired) electrons. The van der Waals surface area contributed by atoms with Crippen LogP contribution in [0.15, 0.2) is 127 Å². The van der Waals surface area contributed by atoms with Gasteiger partial charge in [-0.05, 0) is 95.5 Å². The minimum Gasteiger partial charge on any atom is -0.264 e. The lowest BCUT2D eigenvalue weighted by Gasteiger charge is -2.10. The average Bonchev–Trinajstić information content (AvgIpc) is 3.01. The third-order valence-corrected chi connectivity index (χ3v) is 10.7. The van der Waals surface area contributed by atoms with E-state index in [9.17, 15) is 16.8 Å². The zero-order valence-corrected chi connectivity index (χ0v) is 28.6. The number of hydrogen-bond acceptors (Lipinski definition) is 10. The van der Waals surface area contributed by atoms with Gasteiger partial charge in [-0.3, -0.25) is 8.57 Å². The highest BCUT2D eigenvalue weighted by molar-refractivity contribution is 8.14. The van der Waals surface area contributed by atoms with Gasteiger partial charge in [-0.1, -0.05) is 105 Å². The Kier molecular flexibility index (Phi) is 11.9. The van der Waals surface area contributed by atoms with Crippen LogP contribution in [0.4, 0.5) is 0 Å². The molecule has 0 aliphatic carbocycles. The molecule has 0 amide bonds. The summed E-state index contributed by atoms with van der Waals surface area (Å²) in [6.07, 6.45) is 1.12. The highest BCUT2D eigenvalue weighted by Gasteiger charge is 2.18. The lowest BCUT2D eigenvalue weighted by atomic mass is 10.2. The summed E-state index contributed by atoms with van der Waals surface area (Å²) in [6.45, 7) is 7.69. The fourth-order valence-electron chi connectivity index (χ4n) is 3.78. The lowest BCUT2D eigenvalue weighted by molar-refractivity contribution is 0.339. The summed E-state index contributed by atoms with van der Waals surface area (Å²) in [6, 6.07) is 28.2. The van der Waals surface area contributed by atoms with Crippen LogP contribution in [0.3, 0.4) is 0 Å². The molecular weight excluding hydrogens is 649 g/mol. The maximum atomic E-state index is 12.8. The maximum absolute atomic E-state index is 12.8. The molecular formula is C33H34N2O6S4. The minimum absolute atomic E-state index is 0.00684. The molecule has 0 bridgehead atoms. The summed E-state index contributed by atoms with van der Waals surface area (Å²) in [4.78, 5) is 1.75. The Balaban J connectivity index is 1.53. The van der Waals surface area contributed by atoms with Crippen molar-refractivity contribution in [3.05, 3.63) is 119 Å². The van der Waals surface area contributed by atoms with Crippen LogP contribution in [0.2, 0.25) is 0 Å². The number of oxime groups is 2. The van der Waals surface area contributed by atoms with E-state index in [1.165, 1.54) is 47.8 Å². The van der Waals surface area contributed by atoms with E-state index in [0.717, 1.165) is 32.0 Å². The van der Waals surface area contributed by atoms with Crippen LogP contribution in [0.25, 0.3) is 0 Å². The smallest absolute Gasteiger partial charge is 0.264 e. The normalized spacial score (nSPS) is 12.6. The van der Waals surface area contributed by atoms with Crippen LogP contribution in [-0.2, 0) is 28.8 Å². The van der Waals surface area contributed by atoms with Gasteiger partial charge in [0, 0.05) is 9.79 Å². The Hall–Kier alpha value is -3.58. The van der Waals surface area contributed by atoms with E-state index in [-0.39, 0.29) is 9.79 Å². The number of thioether (sulfide) groups is 2. The molecule has 0 N–H and O–H groups in total. The Morgan fingerprint density at radius 1 is 0.511 bits per heavy atom. The van der Waals surface area contributed by atoms with E-state index in [4.69, 9.17) is 8.57 Å². The quantitative estimate of drug-likeness (QED) is 0.0634. The van der Waals surface area contributed by atoms with E-state index in [0.29, 0.717) is 29.3 Å². The lowest BCUT2D eigenvalue weighted by Crippen LogP contribution is -2.06. The number of rotatable bonds is 12. The molecule has 4 rings (SSSR count). The molecule has 0 spiro atoms. The Morgan fingerprint density at radius 3 is 1.11 bits per heavy atom. The third kappa shape index (κ3) is 10.8. The van der Waals surface area contributed by atoms with Crippen molar-refractivity contribution in [1.29, 1.82) is 0 Å². The second-order valence-electron chi connectivity index (χ2n) is 10.3. The highest BCUT2D eigenvalue weighted by Crippen LogP contribution is 2.28. The van der Waals surface area contributed by atoms with Gasteiger partial charge in [0.2, 0.25) is 0 Å². The third-order valence-electron chi connectivity index (χ3n) is 6.39. The van der Waals surface area contributed by atoms with Gasteiger partial charge in [0.25, 0.3) is 0 Å². The summed E-state index contributed by atoms with van der Waals surface area (Å²) >= 11 is 2.59. The minimum atomic E-state index is -4.13. The van der Waals surface area contributed by atoms with E-state index in [1.54, 1.807) is 24.3 Å². The van der Waals surface area contributed by atoms with E-state index < -0.39 is 20.2 Å². The van der Waals surface area contributed by atoms with Crippen molar-refractivity contribution in [3.63, 3.8) is 0 Å². The summed E-state index contributed by atoms with van der Waals surface area (Å²) in [7, 11) is -8.25. The molecule has 0 atom stereocenters. The van der Waals surface area contributed by atoms with Crippen molar-refractivity contribution in [2.75, 3.05) is 0 Å². The first-order valence-electron chi connectivity index (χ1n) is 14.0. The average molecular weight is 683 g/mol. The van der Waals surface area contributed by atoms with Crippen molar-refractivity contribution in [2.24, 2.45) is 10.3 Å². The second kappa shape index (κ2) is 15.6. The number of hydrogen-bond donors (Lipinski definition) is 0. The molecule has 0 aliphatic heterocycles. The summed E-state index contributed by atoms with van der Waals surface area (Å²) < 4.78 is 61.6. The van der Waals surface area contributed by atoms with Crippen LogP contribution >= 0.6 is 23.5 Å². The first-order chi connectivity index (χ1) is 21.4. The van der Waals surface area contributed by atoms with Gasteiger partial charge >= 0.3 is 20.2 Å². The van der Waals surface area contributed by atoms with Crippen molar-refractivity contribution in [1.82, 2.24) is 0 Å². The molecule has 0 unspecified atom stereocenters.